The Balaban J connectivity index is 2.03. The molecule has 3 atom stereocenters. The van der Waals surface area contributed by atoms with E-state index in [0.29, 0.717) is 16.9 Å². The van der Waals surface area contributed by atoms with Crippen molar-refractivity contribution in [2.24, 2.45) is 23.0 Å². The van der Waals surface area contributed by atoms with Gasteiger partial charge in [0.25, 0.3) is 0 Å². The summed E-state index contributed by atoms with van der Waals surface area (Å²) in [4.78, 5) is 13.0. The van der Waals surface area contributed by atoms with E-state index < -0.39 is 5.41 Å². The van der Waals surface area contributed by atoms with Gasteiger partial charge in [-0.25, -0.2) is 0 Å². The number of rotatable bonds is 4. The SMILES string of the molecule is CCC1CCC(NC(=O)C2(C(N)=S)CCCC2)C1C. The zero-order chi connectivity index (χ0) is 14.0. The second-order valence-corrected chi connectivity index (χ2v) is 6.78. The molecule has 0 radical (unpaired) electrons. The molecule has 4 heteroatoms. The van der Waals surface area contributed by atoms with Crippen molar-refractivity contribution in [1.29, 1.82) is 0 Å². The molecule has 3 unspecified atom stereocenters. The zero-order valence-electron chi connectivity index (χ0n) is 12.1. The fraction of sp³-hybridized carbons (Fsp3) is 0.867. The fourth-order valence-electron chi connectivity index (χ4n) is 3.90. The summed E-state index contributed by atoms with van der Waals surface area (Å²) in [5.41, 5.74) is 5.31. The van der Waals surface area contributed by atoms with Crippen molar-refractivity contribution < 1.29 is 4.79 Å². The van der Waals surface area contributed by atoms with E-state index in [1.54, 1.807) is 0 Å². The molecule has 0 saturated heterocycles. The molecule has 0 aromatic rings. The van der Waals surface area contributed by atoms with Crippen LogP contribution in [0.5, 0.6) is 0 Å². The van der Waals surface area contributed by atoms with E-state index in [-0.39, 0.29) is 5.91 Å². The second-order valence-electron chi connectivity index (χ2n) is 6.34. The molecule has 108 valence electrons. The summed E-state index contributed by atoms with van der Waals surface area (Å²) in [6.07, 6.45) is 7.29. The van der Waals surface area contributed by atoms with Gasteiger partial charge in [-0.2, -0.15) is 0 Å². The molecule has 0 aromatic heterocycles. The van der Waals surface area contributed by atoms with Crippen LogP contribution in [-0.4, -0.2) is 16.9 Å². The highest BCUT2D eigenvalue weighted by molar-refractivity contribution is 7.80. The summed E-state index contributed by atoms with van der Waals surface area (Å²) in [6, 6.07) is 0.310. The first-order valence-electron chi connectivity index (χ1n) is 7.62. The Kier molecular flexibility index (Phi) is 4.49. The molecule has 0 aliphatic heterocycles. The van der Waals surface area contributed by atoms with Crippen LogP contribution >= 0.6 is 12.2 Å². The number of hydrogen-bond acceptors (Lipinski definition) is 2. The number of carbonyl (C=O) groups excluding carboxylic acids is 1. The van der Waals surface area contributed by atoms with Crippen LogP contribution in [0.3, 0.4) is 0 Å². The van der Waals surface area contributed by atoms with Crippen molar-refractivity contribution in [2.45, 2.75) is 64.8 Å². The Labute approximate surface area is 121 Å². The molecule has 0 heterocycles. The predicted octanol–water partition coefficient (Wildman–Crippen LogP) is 2.77. The van der Waals surface area contributed by atoms with Crippen LogP contribution in [0.1, 0.15) is 58.8 Å². The average Bonchev–Trinajstić information content (AvgIpc) is 2.98. The van der Waals surface area contributed by atoms with E-state index in [0.717, 1.165) is 38.0 Å². The highest BCUT2D eigenvalue weighted by Crippen LogP contribution is 2.40. The first kappa shape index (κ1) is 14.8. The minimum Gasteiger partial charge on any atom is -0.392 e. The third-order valence-electron chi connectivity index (χ3n) is 5.43. The summed E-state index contributed by atoms with van der Waals surface area (Å²) in [7, 11) is 0. The van der Waals surface area contributed by atoms with Crippen molar-refractivity contribution in [3.05, 3.63) is 0 Å². The van der Waals surface area contributed by atoms with Gasteiger partial charge in [0, 0.05) is 6.04 Å². The van der Waals surface area contributed by atoms with Gasteiger partial charge in [0.15, 0.2) is 0 Å². The van der Waals surface area contributed by atoms with E-state index in [1.807, 2.05) is 0 Å². The van der Waals surface area contributed by atoms with Gasteiger partial charge in [-0.05, 0) is 37.5 Å². The van der Waals surface area contributed by atoms with Crippen LogP contribution in [0.2, 0.25) is 0 Å². The molecule has 0 aromatic carbocycles. The third-order valence-corrected chi connectivity index (χ3v) is 5.82. The molecule has 2 fully saturated rings. The molecule has 1 amide bonds. The number of nitrogens with one attached hydrogen (secondary N) is 1. The van der Waals surface area contributed by atoms with E-state index >= 15 is 0 Å². The second kappa shape index (κ2) is 5.78. The van der Waals surface area contributed by atoms with Gasteiger partial charge < -0.3 is 11.1 Å². The highest BCUT2D eigenvalue weighted by Gasteiger charge is 2.45. The van der Waals surface area contributed by atoms with Crippen molar-refractivity contribution in [3.63, 3.8) is 0 Å². The van der Waals surface area contributed by atoms with Crippen LogP contribution in [0, 0.1) is 17.3 Å². The van der Waals surface area contributed by atoms with Gasteiger partial charge >= 0.3 is 0 Å². The molecule has 0 bridgehead atoms. The van der Waals surface area contributed by atoms with Gasteiger partial charge in [-0.1, -0.05) is 45.3 Å². The van der Waals surface area contributed by atoms with Gasteiger partial charge in [0.2, 0.25) is 5.91 Å². The first-order valence-corrected chi connectivity index (χ1v) is 8.03. The monoisotopic (exact) mass is 282 g/mol. The van der Waals surface area contributed by atoms with Crippen LogP contribution in [-0.2, 0) is 4.79 Å². The lowest BCUT2D eigenvalue weighted by atomic mass is 9.84. The maximum Gasteiger partial charge on any atom is 0.233 e. The predicted molar refractivity (Wildman–Crippen MR) is 81.8 cm³/mol. The van der Waals surface area contributed by atoms with E-state index in [9.17, 15) is 4.79 Å². The van der Waals surface area contributed by atoms with E-state index in [1.165, 1.54) is 12.8 Å². The lowest BCUT2D eigenvalue weighted by molar-refractivity contribution is -0.128. The minimum atomic E-state index is -0.556. The number of carbonyl (C=O) groups is 1. The summed E-state index contributed by atoms with van der Waals surface area (Å²) < 4.78 is 0. The molecule has 2 rings (SSSR count). The van der Waals surface area contributed by atoms with Gasteiger partial charge in [0.1, 0.15) is 0 Å². The Bertz CT molecular complexity index is 363. The Morgan fingerprint density at radius 2 is 2.00 bits per heavy atom. The quantitative estimate of drug-likeness (QED) is 0.780. The molecule has 2 aliphatic carbocycles. The molecule has 19 heavy (non-hydrogen) atoms. The highest BCUT2D eigenvalue weighted by atomic mass is 32.1. The minimum absolute atomic E-state index is 0.0890. The van der Waals surface area contributed by atoms with Crippen molar-refractivity contribution in [3.8, 4) is 0 Å². The number of nitrogens with two attached hydrogens (primary N) is 1. The summed E-state index contributed by atoms with van der Waals surface area (Å²) in [5.74, 6) is 1.40. The van der Waals surface area contributed by atoms with Crippen LogP contribution in [0.15, 0.2) is 0 Å². The van der Waals surface area contributed by atoms with Crippen molar-refractivity contribution in [1.82, 2.24) is 5.32 Å². The third kappa shape index (κ3) is 2.64. The number of amides is 1. The van der Waals surface area contributed by atoms with Gasteiger partial charge in [0.05, 0.1) is 10.4 Å². The number of hydrogen-bond donors (Lipinski definition) is 2. The lowest BCUT2D eigenvalue weighted by Gasteiger charge is -2.30. The summed E-state index contributed by atoms with van der Waals surface area (Å²) in [6.45, 7) is 4.49. The van der Waals surface area contributed by atoms with Crippen LogP contribution in [0.4, 0.5) is 0 Å². The molecule has 2 saturated carbocycles. The molecule has 0 spiro atoms. The normalized spacial score (nSPS) is 33.3. The largest absolute Gasteiger partial charge is 0.392 e. The standard InChI is InChI=1S/C15H26N2OS/c1-3-11-6-7-12(10(11)2)17-14(18)15(13(16)19)8-4-5-9-15/h10-12H,3-9H2,1-2H3,(H2,16,19)(H,17,18). The molecular weight excluding hydrogens is 256 g/mol. The lowest BCUT2D eigenvalue weighted by Crippen LogP contribution is -2.51. The van der Waals surface area contributed by atoms with Crippen molar-refractivity contribution in [2.75, 3.05) is 0 Å². The zero-order valence-corrected chi connectivity index (χ0v) is 12.9. The van der Waals surface area contributed by atoms with E-state index in [2.05, 4.69) is 19.2 Å². The topological polar surface area (TPSA) is 55.1 Å². The summed E-state index contributed by atoms with van der Waals surface area (Å²) in [5, 5.41) is 3.25. The van der Waals surface area contributed by atoms with E-state index in [4.69, 9.17) is 18.0 Å². The Hall–Kier alpha value is -0.640. The Morgan fingerprint density at radius 1 is 1.37 bits per heavy atom. The molecule has 3 N–H and O–H groups in total. The molecular formula is C15H26N2OS. The number of thiocarbonyl (C=S) groups is 1. The first-order chi connectivity index (χ1) is 9.01. The maximum absolute atomic E-state index is 12.6. The average molecular weight is 282 g/mol. The van der Waals surface area contributed by atoms with Gasteiger partial charge in [-0.15, -0.1) is 0 Å². The van der Waals surface area contributed by atoms with Crippen LogP contribution in [0.25, 0.3) is 0 Å². The molecule has 2 aliphatic rings. The maximum atomic E-state index is 12.6. The van der Waals surface area contributed by atoms with Gasteiger partial charge in [-0.3, -0.25) is 4.79 Å². The van der Waals surface area contributed by atoms with Crippen molar-refractivity contribution >= 4 is 23.1 Å². The van der Waals surface area contributed by atoms with Crippen LogP contribution < -0.4 is 11.1 Å². The summed E-state index contributed by atoms with van der Waals surface area (Å²) >= 11 is 5.18. The smallest absolute Gasteiger partial charge is 0.233 e. The molecule has 3 nitrogen and oxygen atoms in total. The Morgan fingerprint density at radius 3 is 2.47 bits per heavy atom. The fourth-order valence-corrected chi connectivity index (χ4v) is 4.19.